The number of aromatic nitrogens is 2. The number of ether oxygens (including phenoxy) is 1. The molecule has 3 rings (SSSR count). The van der Waals surface area contributed by atoms with Crippen LogP contribution in [0.2, 0.25) is 5.28 Å². The fourth-order valence-electron chi connectivity index (χ4n) is 2.29. The van der Waals surface area contributed by atoms with E-state index in [-0.39, 0.29) is 5.28 Å². The molecule has 5 heteroatoms. The molecule has 1 heterocycles. The topological polar surface area (TPSA) is 47.0 Å². The molecule has 23 heavy (non-hydrogen) atoms. The Morgan fingerprint density at radius 2 is 1.83 bits per heavy atom. The zero-order chi connectivity index (χ0) is 16.1. The molecule has 0 amide bonds. The SMILES string of the molecule is CCCOc1ccc(CNc2nc(Cl)nc3ccccc23)cc1. The van der Waals surface area contributed by atoms with E-state index >= 15 is 0 Å². The molecular formula is C18H18ClN3O. The second-order valence-electron chi connectivity index (χ2n) is 5.20. The van der Waals surface area contributed by atoms with Gasteiger partial charge in [0.05, 0.1) is 12.1 Å². The lowest BCUT2D eigenvalue weighted by atomic mass is 10.2. The van der Waals surface area contributed by atoms with Gasteiger partial charge in [-0.05, 0) is 47.9 Å². The summed E-state index contributed by atoms with van der Waals surface area (Å²) in [5.74, 6) is 1.64. The van der Waals surface area contributed by atoms with Gasteiger partial charge in [-0.3, -0.25) is 0 Å². The Kier molecular flexibility index (Phi) is 4.93. The van der Waals surface area contributed by atoms with Crippen molar-refractivity contribution in [2.24, 2.45) is 0 Å². The number of fused-ring (bicyclic) bond motifs is 1. The summed E-state index contributed by atoms with van der Waals surface area (Å²) in [6.07, 6.45) is 1.00. The van der Waals surface area contributed by atoms with E-state index in [1.165, 1.54) is 0 Å². The van der Waals surface area contributed by atoms with Gasteiger partial charge in [-0.25, -0.2) is 9.97 Å². The van der Waals surface area contributed by atoms with E-state index in [0.29, 0.717) is 6.54 Å². The molecule has 118 valence electrons. The molecule has 0 spiro atoms. The minimum absolute atomic E-state index is 0.245. The van der Waals surface area contributed by atoms with Crippen molar-refractivity contribution >= 4 is 28.3 Å². The van der Waals surface area contributed by atoms with Gasteiger partial charge in [-0.2, -0.15) is 0 Å². The first-order chi connectivity index (χ1) is 11.3. The quantitative estimate of drug-likeness (QED) is 0.667. The third-order valence-corrected chi connectivity index (χ3v) is 3.60. The number of nitrogens with one attached hydrogen (secondary N) is 1. The summed E-state index contributed by atoms with van der Waals surface area (Å²) in [7, 11) is 0. The van der Waals surface area contributed by atoms with Crippen LogP contribution in [0.4, 0.5) is 5.82 Å². The van der Waals surface area contributed by atoms with Gasteiger partial charge in [0.2, 0.25) is 5.28 Å². The third kappa shape index (κ3) is 3.90. The van der Waals surface area contributed by atoms with Crippen LogP contribution in [0.3, 0.4) is 0 Å². The Morgan fingerprint density at radius 1 is 1.04 bits per heavy atom. The fraction of sp³-hybridized carbons (Fsp3) is 0.222. The number of rotatable bonds is 6. The minimum atomic E-state index is 0.245. The van der Waals surface area contributed by atoms with Crippen molar-refractivity contribution in [3.63, 3.8) is 0 Å². The Balaban J connectivity index is 1.73. The van der Waals surface area contributed by atoms with E-state index in [1.54, 1.807) is 0 Å². The van der Waals surface area contributed by atoms with Gasteiger partial charge in [-0.15, -0.1) is 0 Å². The maximum Gasteiger partial charge on any atom is 0.224 e. The molecule has 0 fully saturated rings. The highest BCUT2D eigenvalue weighted by Crippen LogP contribution is 2.22. The van der Waals surface area contributed by atoms with Gasteiger partial charge in [0, 0.05) is 11.9 Å². The lowest BCUT2D eigenvalue weighted by Gasteiger charge is -2.10. The summed E-state index contributed by atoms with van der Waals surface area (Å²) >= 11 is 6.00. The first-order valence-electron chi connectivity index (χ1n) is 7.64. The average molecular weight is 328 g/mol. The van der Waals surface area contributed by atoms with E-state index in [9.17, 15) is 0 Å². The van der Waals surface area contributed by atoms with Crippen LogP contribution in [-0.4, -0.2) is 16.6 Å². The second-order valence-corrected chi connectivity index (χ2v) is 5.54. The van der Waals surface area contributed by atoms with Crippen molar-refractivity contribution in [3.8, 4) is 5.75 Å². The molecule has 0 unspecified atom stereocenters. The van der Waals surface area contributed by atoms with E-state index in [4.69, 9.17) is 16.3 Å². The number of para-hydroxylation sites is 1. The Morgan fingerprint density at radius 3 is 2.61 bits per heavy atom. The maximum absolute atomic E-state index is 6.00. The Bertz CT molecular complexity index is 790. The number of hydrogen-bond acceptors (Lipinski definition) is 4. The number of nitrogens with zero attached hydrogens (tertiary/aromatic N) is 2. The van der Waals surface area contributed by atoms with Crippen LogP contribution in [-0.2, 0) is 6.54 Å². The third-order valence-electron chi connectivity index (χ3n) is 3.43. The fourth-order valence-corrected chi connectivity index (χ4v) is 2.47. The summed E-state index contributed by atoms with van der Waals surface area (Å²) in [4.78, 5) is 8.52. The molecule has 1 aromatic heterocycles. The van der Waals surface area contributed by atoms with Crippen LogP contribution in [0.15, 0.2) is 48.5 Å². The molecule has 0 saturated carbocycles. The van der Waals surface area contributed by atoms with Crippen molar-refractivity contribution in [1.29, 1.82) is 0 Å². The lowest BCUT2D eigenvalue weighted by molar-refractivity contribution is 0.317. The number of benzene rings is 2. The first-order valence-corrected chi connectivity index (χ1v) is 8.02. The molecule has 0 aliphatic heterocycles. The van der Waals surface area contributed by atoms with Crippen LogP contribution in [0, 0.1) is 0 Å². The summed E-state index contributed by atoms with van der Waals surface area (Å²) in [6, 6.07) is 15.9. The van der Waals surface area contributed by atoms with E-state index in [1.807, 2.05) is 48.5 Å². The maximum atomic E-state index is 6.00. The minimum Gasteiger partial charge on any atom is -0.494 e. The molecule has 1 N–H and O–H groups in total. The molecule has 4 nitrogen and oxygen atoms in total. The highest BCUT2D eigenvalue weighted by Gasteiger charge is 2.06. The monoisotopic (exact) mass is 327 g/mol. The molecule has 0 aliphatic rings. The number of hydrogen-bond donors (Lipinski definition) is 1. The van der Waals surface area contributed by atoms with Gasteiger partial charge in [-0.1, -0.05) is 31.2 Å². The first kappa shape index (κ1) is 15.6. The zero-order valence-electron chi connectivity index (χ0n) is 12.9. The van der Waals surface area contributed by atoms with Crippen molar-refractivity contribution in [2.45, 2.75) is 19.9 Å². The normalized spacial score (nSPS) is 10.7. The van der Waals surface area contributed by atoms with Crippen molar-refractivity contribution in [1.82, 2.24) is 9.97 Å². The predicted molar refractivity (Wildman–Crippen MR) is 94.1 cm³/mol. The van der Waals surface area contributed by atoms with Crippen LogP contribution in [0.1, 0.15) is 18.9 Å². The lowest BCUT2D eigenvalue weighted by Crippen LogP contribution is -2.03. The largest absolute Gasteiger partial charge is 0.494 e. The Labute approximate surface area is 140 Å². The molecular weight excluding hydrogens is 310 g/mol. The highest BCUT2D eigenvalue weighted by atomic mass is 35.5. The van der Waals surface area contributed by atoms with Crippen LogP contribution in [0.25, 0.3) is 10.9 Å². The van der Waals surface area contributed by atoms with Crippen LogP contribution < -0.4 is 10.1 Å². The van der Waals surface area contributed by atoms with Gasteiger partial charge in [0.25, 0.3) is 0 Å². The zero-order valence-corrected chi connectivity index (χ0v) is 13.7. The molecule has 0 saturated heterocycles. The molecule has 0 bridgehead atoms. The predicted octanol–water partition coefficient (Wildman–Crippen LogP) is 4.68. The summed E-state index contributed by atoms with van der Waals surface area (Å²) in [5, 5.41) is 4.53. The average Bonchev–Trinajstić information content (AvgIpc) is 2.58. The molecule has 3 aromatic rings. The van der Waals surface area contributed by atoms with E-state index in [0.717, 1.165) is 41.1 Å². The summed E-state index contributed by atoms with van der Waals surface area (Å²) in [6.45, 7) is 3.49. The number of halogens is 1. The van der Waals surface area contributed by atoms with Gasteiger partial charge in [0.1, 0.15) is 11.6 Å². The van der Waals surface area contributed by atoms with Gasteiger partial charge >= 0.3 is 0 Å². The van der Waals surface area contributed by atoms with Crippen LogP contribution in [0.5, 0.6) is 5.75 Å². The standard InChI is InChI=1S/C18H18ClN3O/c1-2-11-23-14-9-7-13(8-10-14)12-20-17-15-5-3-4-6-16(15)21-18(19)22-17/h3-10H,2,11-12H2,1H3,(H,20,21,22). The van der Waals surface area contributed by atoms with Gasteiger partial charge in [0.15, 0.2) is 0 Å². The molecule has 0 atom stereocenters. The summed E-state index contributed by atoms with van der Waals surface area (Å²) < 4.78 is 5.59. The van der Waals surface area contributed by atoms with Crippen LogP contribution >= 0.6 is 11.6 Å². The number of anilines is 1. The molecule has 2 aromatic carbocycles. The smallest absolute Gasteiger partial charge is 0.224 e. The van der Waals surface area contributed by atoms with Crippen molar-refractivity contribution in [2.75, 3.05) is 11.9 Å². The second kappa shape index (κ2) is 7.29. The summed E-state index contributed by atoms with van der Waals surface area (Å²) in [5.41, 5.74) is 1.98. The van der Waals surface area contributed by atoms with Crippen molar-refractivity contribution in [3.05, 3.63) is 59.4 Å². The van der Waals surface area contributed by atoms with E-state index < -0.39 is 0 Å². The Hall–Kier alpha value is -2.33. The molecule has 0 aliphatic carbocycles. The van der Waals surface area contributed by atoms with Crippen molar-refractivity contribution < 1.29 is 4.74 Å². The van der Waals surface area contributed by atoms with Gasteiger partial charge < -0.3 is 10.1 Å². The highest BCUT2D eigenvalue weighted by molar-refractivity contribution is 6.28. The van der Waals surface area contributed by atoms with E-state index in [2.05, 4.69) is 22.2 Å². The molecule has 0 radical (unpaired) electrons.